The Bertz CT molecular complexity index is 1290. The highest BCUT2D eigenvalue weighted by Crippen LogP contribution is 2.23. The van der Waals surface area contributed by atoms with Gasteiger partial charge in [-0.15, -0.1) is 0 Å². The van der Waals surface area contributed by atoms with Gasteiger partial charge in [0.05, 0.1) is 13.0 Å². The fourth-order valence-corrected chi connectivity index (χ4v) is 5.49. The maximum atomic E-state index is 13.8. The van der Waals surface area contributed by atoms with Gasteiger partial charge in [-0.05, 0) is 73.8 Å². The number of benzene rings is 2. The molecule has 232 valence electrons. The lowest BCUT2D eigenvalue weighted by Crippen LogP contribution is -2.56. The van der Waals surface area contributed by atoms with Crippen LogP contribution in [0.15, 0.2) is 48.5 Å². The van der Waals surface area contributed by atoms with Crippen molar-refractivity contribution in [2.75, 3.05) is 19.7 Å². The number of hydrogen-bond acceptors (Lipinski definition) is 5. The number of amides is 4. The Labute approximate surface area is 255 Å². The maximum Gasteiger partial charge on any atom is 0.243 e. The molecule has 1 fully saturated rings. The highest BCUT2D eigenvalue weighted by Gasteiger charge is 2.34. The summed E-state index contributed by atoms with van der Waals surface area (Å²) in [6, 6.07) is 13.7. The summed E-state index contributed by atoms with van der Waals surface area (Å²) in [5, 5.41) is 8.68. The molecular formula is C34H46N4O5. The third-order valence-corrected chi connectivity index (χ3v) is 8.32. The lowest BCUT2D eigenvalue weighted by atomic mass is 9.93. The minimum absolute atomic E-state index is 0.173. The number of rotatable bonds is 4. The molecule has 4 rings (SSSR count). The molecule has 3 N–H and O–H groups in total. The second kappa shape index (κ2) is 14.5. The van der Waals surface area contributed by atoms with Crippen molar-refractivity contribution < 1.29 is 23.9 Å². The van der Waals surface area contributed by atoms with Gasteiger partial charge in [-0.2, -0.15) is 0 Å². The monoisotopic (exact) mass is 590 g/mol. The van der Waals surface area contributed by atoms with E-state index in [1.165, 1.54) is 0 Å². The average molecular weight is 591 g/mol. The van der Waals surface area contributed by atoms with Gasteiger partial charge in [0.2, 0.25) is 23.6 Å². The zero-order chi connectivity index (χ0) is 31.0. The van der Waals surface area contributed by atoms with Crippen molar-refractivity contribution >= 4 is 23.6 Å². The van der Waals surface area contributed by atoms with Gasteiger partial charge in [0.1, 0.15) is 17.8 Å². The Morgan fingerprint density at radius 1 is 1.05 bits per heavy atom. The van der Waals surface area contributed by atoms with Crippen LogP contribution in [-0.2, 0) is 32.1 Å². The number of nitrogens with one attached hydrogen (secondary N) is 3. The molecule has 2 aromatic rings. The third-order valence-electron chi connectivity index (χ3n) is 8.32. The largest absolute Gasteiger partial charge is 0.494 e. The molecule has 1 saturated heterocycles. The normalized spacial score (nSPS) is 22.4. The van der Waals surface area contributed by atoms with Crippen molar-refractivity contribution in [2.24, 2.45) is 11.3 Å². The van der Waals surface area contributed by atoms with Crippen LogP contribution >= 0.6 is 0 Å². The van der Waals surface area contributed by atoms with Crippen LogP contribution in [0.25, 0.3) is 0 Å². The summed E-state index contributed by atoms with van der Waals surface area (Å²) in [5.74, 6) is -0.361. The van der Waals surface area contributed by atoms with Crippen LogP contribution in [-0.4, -0.2) is 60.3 Å². The van der Waals surface area contributed by atoms with Gasteiger partial charge in [0, 0.05) is 25.0 Å². The molecule has 0 saturated carbocycles. The Balaban J connectivity index is 1.62. The van der Waals surface area contributed by atoms with Crippen molar-refractivity contribution in [1.29, 1.82) is 0 Å². The molecule has 9 heteroatoms. The highest BCUT2D eigenvalue weighted by molar-refractivity contribution is 5.95. The first-order valence-corrected chi connectivity index (χ1v) is 15.4. The summed E-state index contributed by atoms with van der Waals surface area (Å²) in [7, 11) is 0. The van der Waals surface area contributed by atoms with E-state index in [0.717, 1.165) is 41.7 Å². The minimum atomic E-state index is -1.10. The van der Waals surface area contributed by atoms with E-state index < -0.39 is 23.4 Å². The highest BCUT2D eigenvalue weighted by atomic mass is 16.5. The fraction of sp³-hybridized carbons (Fsp3) is 0.529. The van der Waals surface area contributed by atoms with E-state index in [0.29, 0.717) is 38.5 Å². The number of hydrogen-bond donors (Lipinski definition) is 3. The van der Waals surface area contributed by atoms with Crippen LogP contribution in [0.2, 0.25) is 0 Å². The van der Waals surface area contributed by atoms with Gasteiger partial charge in [-0.3, -0.25) is 19.2 Å². The molecule has 2 aliphatic rings. The first-order valence-electron chi connectivity index (χ1n) is 15.4. The van der Waals surface area contributed by atoms with Gasteiger partial charge >= 0.3 is 0 Å². The van der Waals surface area contributed by atoms with Crippen LogP contribution < -0.4 is 20.7 Å². The summed E-state index contributed by atoms with van der Waals surface area (Å²) in [6.07, 6.45) is 3.43. The molecule has 3 atom stereocenters. The van der Waals surface area contributed by atoms with E-state index in [9.17, 15) is 19.2 Å². The van der Waals surface area contributed by atoms with Crippen LogP contribution in [0.5, 0.6) is 5.75 Å². The zero-order valence-electron chi connectivity index (χ0n) is 25.9. The Kier molecular flexibility index (Phi) is 10.8. The molecule has 1 unspecified atom stereocenters. The first kappa shape index (κ1) is 32.0. The molecule has 0 aromatic heterocycles. The van der Waals surface area contributed by atoms with Crippen LogP contribution in [0, 0.1) is 18.3 Å². The quantitative estimate of drug-likeness (QED) is 0.503. The third kappa shape index (κ3) is 9.30. The lowest BCUT2D eigenvalue weighted by Gasteiger charge is -2.34. The summed E-state index contributed by atoms with van der Waals surface area (Å²) < 4.78 is 6.09. The second-order valence-electron chi connectivity index (χ2n) is 12.9. The standard InChI is InChI=1S/C34H46N4O5/c1-23-12-14-27-19-26(23)21-35-31(40)28(15-13-24-9-6-5-7-10-24)36-32(41)29(37-33(42)34(2,3)4)20-30(39)38-17-8-11-25(22-38)16-18-43-27/h5-7,9-10,12,14,19,25,28-29H,8,11,13,15-18,20-22H2,1-4H3,(H,35,40)(H,36,41)(H,37,42)/t25?,28-,29-/m0/s1. The molecule has 0 spiro atoms. The molecule has 2 heterocycles. The van der Waals surface area contributed by atoms with Gasteiger partial charge in [-0.1, -0.05) is 57.2 Å². The fourth-order valence-electron chi connectivity index (χ4n) is 5.49. The first-order chi connectivity index (χ1) is 20.5. The molecule has 2 aliphatic heterocycles. The number of fused-ring (bicyclic) bond motifs is 4. The number of ether oxygens (including phenoxy) is 1. The zero-order valence-corrected chi connectivity index (χ0v) is 25.9. The van der Waals surface area contributed by atoms with Gasteiger partial charge in [0.15, 0.2) is 0 Å². The van der Waals surface area contributed by atoms with E-state index in [2.05, 4.69) is 16.0 Å². The molecule has 0 aliphatic carbocycles. The van der Waals surface area contributed by atoms with E-state index in [1.54, 1.807) is 25.7 Å². The second-order valence-corrected chi connectivity index (χ2v) is 12.9. The van der Waals surface area contributed by atoms with Gasteiger partial charge in [0.25, 0.3) is 0 Å². The molecule has 2 aromatic carbocycles. The smallest absolute Gasteiger partial charge is 0.243 e. The number of carbonyl (C=O) groups excluding carboxylic acids is 4. The van der Waals surface area contributed by atoms with E-state index in [4.69, 9.17) is 4.74 Å². The number of piperidine rings is 1. The van der Waals surface area contributed by atoms with Crippen LogP contribution in [0.1, 0.15) is 69.6 Å². The summed E-state index contributed by atoms with van der Waals surface area (Å²) in [5.41, 5.74) is 2.24. The van der Waals surface area contributed by atoms with Crippen molar-refractivity contribution in [3.63, 3.8) is 0 Å². The Morgan fingerprint density at radius 3 is 2.56 bits per heavy atom. The molecule has 9 nitrogen and oxygen atoms in total. The van der Waals surface area contributed by atoms with Crippen molar-refractivity contribution in [2.45, 2.75) is 84.8 Å². The number of aryl methyl sites for hydroxylation is 2. The summed E-state index contributed by atoms with van der Waals surface area (Å²) >= 11 is 0. The number of nitrogens with zero attached hydrogens (tertiary/aromatic N) is 1. The van der Waals surface area contributed by atoms with Gasteiger partial charge < -0.3 is 25.6 Å². The molecule has 0 radical (unpaired) electrons. The van der Waals surface area contributed by atoms with Crippen molar-refractivity contribution in [3.05, 3.63) is 65.2 Å². The molecule has 4 amide bonds. The Hall–Kier alpha value is -3.88. The Morgan fingerprint density at radius 2 is 1.81 bits per heavy atom. The van der Waals surface area contributed by atoms with Gasteiger partial charge in [-0.25, -0.2) is 0 Å². The summed E-state index contributed by atoms with van der Waals surface area (Å²) in [6.45, 7) is 9.26. The van der Waals surface area contributed by atoms with E-state index in [1.807, 2.05) is 55.5 Å². The van der Waals surface area contributed by atoms with E-state index in [-0.39, 0.29) is 30.7 Å². The molecule has 43 heavy (non-hydrogen) atoms. The SMILES string of the molecule is Cc1ccc2cc1CNC(=O)[C@H](CCc1ccccc1)NC(=O)[C@@H](NC(=O)C(C)(C)C)CC(=O)N1CCCC(CCO2)C1. The van der Waals surface area contributed by atoms with E-state index >= 15 is 0 Å². The number of carbonyl (C=O) groups is 4. The molecule has 4 bridgehead atoms. The minimum Gasteiger partial charge on any atom is -0.494 e. The predicted molar refractivity (Wildman–Crippen MR) is 165 cm³/mol. The van der Waals surface area contributed by atoms with Crippen LogP contribution in [0.4, 0.5) is 0 Å². The van der Waals surface area contributed by atoms with Crippen molar-refractivity contribution in [3.8, 4) is 5.75 Å². The average Bonchev–Trinajstić information content (AvgIpc) is 2.98. The predicted octanol–water partition coefficient (Wildman–Crippen LogP) is 3.67. The topological polar surface area (TPSA) is 117 Å². The molecular weight excluding hydrogens is 544 g/mol. The van der Waals surface area contributed by atoms with Crippen molar-refractivity contribution in [1.82, 2.24) is 20.9 Å². The maximum absolute atomic E-state index is 13.8. The van der Waals surface area contributed by atoms with Crippen LogP contribution in [0.3, 0.4) is 0 Å². The summed E-state index contributed by atoms with van der Waals surface area (Å²) in [4.78, 5) is 55.6. The lowest BCUT2D eigenvalue weighted by molar-refractivity contribution is -0.139.